The van der Waals surface area contributed by atoms with Crippen LogP contribution in [0.1, 0.15) is 46.7 Å². The van der Waals surface area contributed by atoms with Crippen LogP contribution in [0.4, 0.5) is 0 Å². The molecular formula is C18H24N6O2. The van der Waals surface area contributed by atoms with Crippen molar-refractivity contribution in [1.82, 2.24) is 29.7 Å². The molecule has 2 fully saturated rings. The highest BCUT2D eigenvalue weighted by molar-refractivity contribution is 5.93. The zero-order valence-corrected chi connectivity index (χ0v) is 15.1. The van der Waals surface area contributed by atoms with E-state index < -0.39 is 0 Å². The van der Waals surface area contributed by atoms with Crippen molar-refractivity contribution >= 4 is 5.91 Å². The molecule has 2 aliphatic rings. The highest BCUT2D eigenvalue weighted by Gasteiger charge is 2.33. The Morgan fingerprint density at radius 2 is 2.04 bits per heavy atom. The molecule has 1 saturated carbocycles. The van der Waals surface area contributed by atoms with Crippen LogP contribution in [-0.2, 0) is 11.8 Å². The lowest BCUT2D eigenvalue weighted by atomic mass is 10.0. The number of carbonyl (C=O) groups excluding carboxylic acids is 1. The second-order valence-electron chi connectivity index (χ2n) is 7.08. The van der Waals surface area contributed by atoms with Gasteiger partial charge in [0, 0.05) is 44.6 Å². The lowest BCUT2D eigenvalue weighted by molar-refractivity contribution is -0.0626. The maximum absolute atomic E-state index is 12.4. The Labute approximate surface area is 152 Å². The third kappa shape index (κ3) is 3.47. The molecule has 0 radical (unpaired) electrons. The first kappa shape index (κ1) is 17.1. The fourth-order valence-corrected chi connectivity index (χ4v) is 3.40. The van der Waals surface area contributed by atoms with E-state index in [9.17, 15) is 4.79 Å². The summed E-state index contributed by atoms with van der Waals surface area (Å²) in [6.45, 7) is 1.91. The Bertz CT molecular complexity index is 770. The van der Waals surface area contributed by atoms with E-state index >= 15 is 0 Å². The van der Waals surface area contributed by atoms with Gasteiger partial charge in [0.05, 0.1) is 36.3 Å². The smallest absolute Gasteiger partial charge is 0.254 e. The predicted octanol–water partition coefficient (Wildman–Crippen LogP) is 0.889. The molecule has 26 heavy (non-hydrogen) atoms. The zero-order valence-electron chi connectivity index (χ0n) is 15.1. The van der Waals surface area contributed by atoms with E-state index in [1.54, 1.807) is 18.7 Å². The fourth-order valence-electron chi connectivity index (χ4n) is 3.40. The summed E-state index contributed by atoms with van der Waals surface area (Å²) in [6.07, 6.45) is 9.02. The molecule has 0 bridgehead atoms. The third-order valence-corrected chi connectivity index (χ3v) is 5.10. The van der Waals surface area contributed by atoms with Crippen LogP contribution in [0.3, 0.4) is 0 Å². The van der Waals surface area contributed by atoms with Gasteiger partial charge in [0.1, 0.15) is 5.82 Å². The van der Waals surface area contributed by atoms with Crippen LogP contribution >= 0.6 is 0 Å². The van der Waals surface area contributed by atoms with Crippen molar-refractivity contribution < 1.29 is 9.53 Å². The van der Waals surface area contributed by atoms with Crippen LogP contribution in [-0.4, -0.2) is 63.2 Å². The van der Waals surface area contributed by atoms with Crippen molar-refractivity contribution in [2.75, 3.05) is 26.7 Å². The predicted molar refractivity (Wildman–Crippen MR) is 94.7 cm³/mol. The van der Waals surface area contributed by atoms with E-state index in [-0.39, 0.29) is 18.1 Å². The number of aromatic nitrogens is 4. The Hall–Kier alpha value is -2.32. The van der Waals surface area contributed by atoms with Gasteiger partial charge in [0.15, 0.2) is 0 Å². The number of hydrogen-bond acceptors (Lipinski definition) is 6. The summed E-state index contributed by atoms with van der Waals surface area (Å²) < 4.78 is 7.95. The molecule has 1 amide bonds. The van der Waals surface area contributed by atoms with Crippen molar-refractivity contribution in [2.24, 2.45) is 7.05 Å². The molecule has 8 heteroatoms. The van der Waals surface area contributed by atoms with Crippen LogP contribution in [0.2, 0.25) is 0 Å². The maximum atomic E-state index is 12.4. The van der Waals surface area contributed by atoms with Crippen LogP contribution in [0.25, 0.3) is 0 Å². The normalized spacial score (nSPS) is 23.8. The topological polar surface area (TPSA) is 85.2 Å². The van der Waals surface area contributed by atoms with Crippen LogP contribution < -0.4 is 5.32 Å². The fraction of sp³-hybridized carbons (Fsp3) is 0.556. The number of imidazole rings is 1. The van der Waals surface area contributed by atoms with Gasteiger partial charge in [0.25, 0.3) is 5.91 Å². The molecular weight excluding hydrogens is 332 g/mol. The molecule has 1 N–H and O–H groups in total. The van der Waals surface area contributed by atoms with Gasteiger partial charge in [-0.25, -0.2) is 15.0 Å². The van der Waals surface area contributed by atoms with E-state index in [1.807, 2.05) is 17.8 Å². The molecule has 3 heterocycles. The van der Waals surface area contributed by atoms with Gasteiger partial charge in [-0.2, -0.15) is 0 Å². The number of nitrogens with one attached hydrogen (secondary N) is 1. The van der Waals surface area contributed by atoms with Crippen molar-refractivity contribution in [1.29, 1.82) is 0 Å². The Balaban J connectivity index is 1.41. The standard InChI is InChI=1S/C18H24N6O2/c1-23-5-6-26-15(16(23)14-9-19-11-24(14)2)10-22-18(25)13-7-20-17(21-8-13)12-3-4-12/h7-9,11-12,15-16H,3-6,10H2,1-2H3,(H,22,25)/t15-,16-/m0/s1. The number of amides is 1. The monoisotopic (exact) mass is 356 g/mol. The second kappa shape index (κ2) is 7.13. The summed E-state index contributed by atoms with van der Waals surface area (Å²) in [7, 11) is 4.04. The Morgan fingerprint density at radius 3 is 2.69 bits per heavy atom. The molecule has 2 aromatic rings. The highest BCUT2D eigenvalue weighted by atomic mass is 16.5. The van der Waals surface area contributed by atoms with E-state index in [2.05, 4.69) is 32.2 Å². The number of aryl methyl sites for hydroxylation is 1. The average molecular weight is 356 g/mol. The number of morpholine rings is 1. The van der Waals surface area contributed by atoms with Gasteiger partial charge < -0.3 is 14.6 Å². The van der Waals surface area contributed by atoms with Crippen LogP contribution in [0.15, 0.2) is 24.9 Å². The largest absolute Gasteiger partial charge is 0.373 e. The minimum atomic E-state index is -0.173. The Kier molecular flexibility index (Phi) is 4.69. The third-order valence-electron chi connectivity index (χ3n) is 5.10. The Morgan fingerprint density at radius 1 is 1.27 bits per heavy atom. The van der Waals surface area contributed by atoms with Gasteiger partial charge in [-0.05, 0) is 19.9 Å². The first-order chi connectivity index (χ1) is 12.6. The number of rotatable bonds is 5. The summed E-state index contributed by atoms with van der Waals surface area (Å²) >= 11 is 0. The lowest BCUT2D eigenvalue weighted by Crippen LogP contribution is -2.48. The molecule has 1 aliphatic heterocycles. The van der Waals surface area contributed by atoms with Gasteiger partial charge in [-0.1, -0.05) is 0 Å². The number of likely N-dealkylation sites (N-methyl/N-ethyl adjacent to an activating group) is 1. The van der Waals surface area contributed by atoms with Gasteiger partial charge in [0.2, 0.25) is 0 Å². The molecule has 2 atom stereocenters. The SMILES string of the molecule is CN1CCO[C@@H](CNC(=O)c2cnc(C3CC3)nc2)[C@@H]1c1cncn1C. The zero-order chi connectivity index (χ0) is 18.1. The van der Waals surface area contributed by atoms with Crippen molar-refractivity contribution in [3.63, 3.8) is 0 Å². The van der Waals surface area contributed by atoms with Gasteiger partial charge in [-0.15, -0.1) is 0 Å². The summed E-state index contributed by atoms with van der Waals surface area (Å²) in [6, 6.07) is 0.0463. The molecule has 1 aliphatic carbocycles. The van der Waals surface area contributed by atoms with Crippen molar-refractivity contribution in [2.45, 2.75) is 30.9 Å². The molecule has 138 valence electrons. The quantitative estimate of drug-likeness (QED) is 0.856. The number of hydrogen-bond donors (Lipinski definition) is 1. The van der Waals surface area contributed by atoms with Gasteiger partial charge in [-0.3, -0.25) is 9.69 Å². The number of carbonyl (C=O) groups is 1. The van der Waals surface area contributed by atoms with E-state index in [1.165, 1.54) is 0 Å². The molecule has 4 rings (SSSR count). The molecule has 8 nitrogen and oxygen atoms in total. The molecule has 1 saturated heterocycles. The average Bonchev–Trinajstić information content (AvgIpc) is 3.42. The molecule has 0 aromatic carbocycles. The first-order valence-electron chi connectivity index (χ1n) is 9.01. The number of ether oxygens (including phenoxy) is 1. The summed E-state index contributed by atoms with van der Waals surface area (Å²) in [5.74, 6) is 1.15. The summed E-state index contributed by atoms with van der Waals surface area (Å²) in [5, 5.41) is 2.96. The molecule has 2 aromatic heterocycles. The molecule has 0 unspecified atom stereocenters. The number of nitrogens with zero attached hydrogens (tertiary/aromatic N) is 5. The van der Waals surface area contributed by atoms with Crippen LogP contribution in [0.5, 0.6) is 0 Å². The second-order valence-corrected chi connectivity index (χ2v) is 7.08. The maximum Gasteiger partial charge on any atom is 0.254 e. The van der Waals surface area contributed by atoms with E-state index in [0.717, 1.165) is 30.9 Å². The summed E-state index contributed by atoms with van der Waals surface area (Å²) in [5.41, 5.74) is 1.55. The van der Waals surface area contributed by atoms with E-state index in [4.69, 9.17) is 4.74 Å². The summed E-state index contributed by atoms with van der Waals surface area (Å²) in [4.78, 5) is 27.5. The molecule has 0 spiro atoms. The minimum Gasteiger partial charge on any atom is -0.373 e. The first-order valence-corrected chi connectivity index (χ1v) is 9.01. The van der Waals surface area contributed by atoms with Crippen LogP contribution in [0, 0.1) is 0 Å². The van der Waals surface area contributed by atoms with Crippen molar-refractivity contribution in [3.05, 3.63) is 42.0 Å². The highest BCUT2D eigenvalue weighted by Crippen LogP contribution is 2.37. The minimum absolute atomic E-state index is 0.0463. The van der Waals surface area contributed by atoms with Gasteiger partial charge >= 0.3 is 0 Å². The van der Waals surface area contributed by atoms with Crippen molar-refractivity contribution in [3.8, 4) is 0 Å². The lowest BCUT2D eigenvalue weighted by Gasteiger charge is -2.39. The van der Waals surface area contributed by atoms with E-state index in [0.29, 0.717) is 24.6 Å².